The zero-order valence-corrected chi connectivity index (χ0v) is 11.7. The summed E-state index contributed by atoms with van der Waals surface area (Å²) in [5.74, 6) is -0.689. The number of imide groups is 1. The third-order valence-corrected chi connectivity index (χ3v) is 2.66. The van der Waals surface area contributed by atoms with Crippen LogP contribution in [-0.2, 0) is 11.3 Å². The summed E-state index contributed by atoms with van der Waals surface area (Å²) in [5, 5.41) is 7.94. The molecule has 0 unspecified atom stereocenters. The van der Waals surface area contributed by atoms with Crippen LogP contribution in [0.4, 0.5) is 4.79 Å². The minimum absolute atomic E-state index is 0.000811. The molecule has 1 rings (SSSR count). The summed E-state index contributed by atoms with van der Waals surface area (Å²) in [6, 6.07) is -0.758. The van der Waals surface area contributed by atoms with Gasteiger partial charge in [-0.05, 0) is 13.8 Å². The molecule has 0 atom stereocenters. The van der Waals surface area contributed by atoms with Crippen LogP contribution in [-0.4, -0.2) is 27.8 Å². The fourth-order valence-corrected chi connectivity index (χ4v) is 1.43. The zero-order chi connectivity index (χ0) is 14.6. The molecule has 0 fully saturated rings. The van der Waals surface area contributed by atoms with Gasteiger partial charge in [-0.25, -0.2) is 9.48 Å². The van der Waals surface area contributed by atoms with Crippen LogP contribution in [0.15, 0.2) is 11.0 Å². The first kappa shape index (κ1) is 15.5. The van der Waals surface area contributed by atoms with Crippen molar-refractivity contribution in [3.8, 4) is 0 Å². The van der Waals surface area contributed by atoms with E-state index in [0.717, 1.165) is 10.9 Å². The standard InChI is InChI=1S/C10H12Cl2N4O3/c1-5(2)14-10(19)15-7(17)4-16-9(18)8(12)6(11)3-13-16/h3,5H,4H2,1-2H3,(H2,14,15,17,19). The molecular weight excluding hydrogens is 295 g/mol. The van der Waals surface area contributed by atoms with Crippen LogP contribution in [0.1, 0.15) is 13.8 Å². The Kier molecular flexibility index (Phi) is 5.31. The van der Waals surface area contributed by atoms with Crippen molar-refractivity contribution in [3.63, 3.8) is 0 Å². The number of hydrogen-bond donors (Lipinski definition) is 2. The molecule has 1 aromatic heterocycles. The molecular formula is C10H12Cl2N4O3. The first-order chi connectivity index (χ1) is 8.81. The number of hydrogen-bond acceptors (Lipinski definition) is 4. The monoisotopic (exact) mass is 306 g/mol. The van der Waals surface area contributed by atoms with Gasteiger partial charge in [0.15, 0.2) is 0 Å². The lowest BCUT2D eigenvalue weighted by atomic mass is 10.4. The average Bonchev–Trinajstić information content (AvgIpc) is 2.28. The van der Waals surface area contributed by atoms with E-state index in [1.54, 1.807) is 13.8 Å². The number of rotatable bonds is 3. The summed E-state index contributed by atoms with van der Waals surface area (Å²) in [6.45, 7) is 3.06. The van der Waals surface area contributed by atoms with E-state index in [4.69, 9.17) is 23.2 Å². The molecule has 2 N–H and O–H groups in total. The molecule has 0 saturated heterocycles. The Morgan fingerprint density at radius 2 is 2.05 bits per heavy atom. The fraction of sp³-hybridized carbons (Fsp3) is 0.400. The van der Waals surface area contributed by atoms with Gasteiger partial charge in [-0.1, -0.05) is 23.2 Å². The van der Waals surface area contributed by atoms with Gasteiger partial charge in [-0.2, -0.15) is 5.10 Å². The summed E-state index contributed by atoms with van der Waals surface area (Å²) >= 11 is 11.2. The van der Waals surface area contributed by atoms with Gasteiger partial charge >= 0.3 is 6.03 Å². The van der Waals surface area contributed by atoms with Crippen molar-refractivity contribution in [3.05, 3.63) is 26.6 Å². The van der Waals surface area contributed by atoms with E-state index in [1.807, 2.05) is 0 Å². The third kappa shape index (κ3) is 4.53. The third-order valence-electron chi connectivity index (χ3n) is 1.91. The quantitative estimate of drug-likeness (QED) is 0.863. The maximum Gasteiger partial charge on any atom is 0.321 e. The van der Waals surface area contributed by atoms with Crippen molar-refractivity contribution < 1.29 is 9.59 Å². The maximum atomic E-state index is 11.6. The number of nitrogens with zero attached hydrogens (tertiary/aromatic N) is 2. The van der Waals surface area contributed by atoms with Gasteiger partial charge in [0.1, 0.15) is 11.6 Å². The molecule has 0 aliphatic rings. The number of urea groups is 1. The number of carbonyl (C=O) groups excluding carboxylic acids is 2. The lowest BCUT2D eigenvalue weighted by Gasteiger charge is -2.09. The Hall–Kier alpha value is -1.60. The minimum atomic E-state index is -0.700. The van der Waals surface area contributed by atoms with Crippen molar-refractivity contribution in [1.82, 2.24) is 20.4 Å². The SMILES string of the molecule is CC(C)NC(=O)NC(=O)Cn1ncc(Cl)c(Cl)c1=O. The van der Waals surface area contributed by atoms with E-state index < -0.39 is 24.0 Å². The van der Waals surface area contributed by atoms with Gasteiger partial charge in [0.2, 0.25) is 5.91 Å². The molecule has 19 heavy (non-hydrogen) atoms. The molecule has 0 radical (unpaired) electrons. The predicted octanol–water partition coefficient (Wildman–Crippen LogP) is 0.784. The number of carbonyl (C=O) groups is 2. The highest BCUT2D eigenvalue weighted by Gasteiger charge is 2.13. The van der Waals surface area contributed by atoms with Crippen LogP contribution in [0.3, 0.4) is 0 Å². The Labute approximate surface area is 118 Å². The van der Waals surface area contributed by atoms with Gasteiger partial charge in [0.25, 0.3) is 5.56 Å². The van der Waals surface area contributed by atoms with E-state index >= 15 is 0 Å². The number of aromatic nitrogens is 2. The van der Waals surface area contributed by atoms with Gasteiger partial charge in [-0.3, -0.25) is 14.9 Å². The second-order valence-corrected chi connectivity index (χ2v) is 4.73. The van der Waals surface area contributed by atoms with Crippen LogP contribution >= 0.6 is 23.2 Å². The first-order valence-corrected chi connectivity index (χ1v) is 6.08. The van der Waals surface area contributed by atoms with Crippen LogP contribution in [0.5, 0.6) is 0 Å². The van der Waals surface area contributed by atoms with Gasteiger partial charge < -0.3 is 5.32 Å². The summed E-state index contributed by atoms with van der Waals surface area (Å²) < 4.78 is 0.812. The molecule has 0 saturated carbocycles. The smallest absolute Gasteiger partial charge is 0.321 e. The minimum Gasteiger partial charge on any atom is -0.336 e. The van der Waals surface area contributed by atoms with E-state index in [-0.39, 0.29) is 16.1 Å². The number of nitrogens with one attached hydrogen (secondary N) is 2. The Morgan fingerprint density at radius 3 is 2.63 bits per heavy atom. The molecule has 1 aromatic rings. The molecule has 0 bridgehead atoms. The normalized spacial score (nSPS) is 10.4. The van der Waals surface area contributed by atoms with E-state index in [0.29, 0.717) is 0 Å². The second kappa shape index (κ2) is 6.53. The molecule has 7 nitrogen and oxygen atoms in total. The van der Waals surface area contributed by atoms with E-state index in [1.165, 1.54) is 0 Å². The maximum absolute atomic E-state index is 11.6. The van der Waals surface area contributed by atoms with Crippen molar-refractivity contribution in [2.45, 2.75) is 26.4 Å². The predicted molar refractivity (Wildman–Crippen MR) is 70.3 cm³/mol. The lowest BCUT2D eigenvalue weighted by molar-refractivity contribution is -0.120. The average molecular weight is 307 g/mol. The highest BCUT2D eigenvalue weighted by atomic mass is 35.5. The summed E-state index contributed by atoms with van der Waals surface area (Å²) in [6.07, 6.45) is 1.15. The van der Waals surface area contributed by atoms with Crippen molar-refractivity contribution in [1.29, 1.82) is 0 Å². The molecule has 0 aliphatic carbocycles. The van der Waals surface area contributed by atoms with Gasteiger partial charge in [-0.15, -0.1) is 0 Å². The van der Waals surface area contributed by atoms with E-state index in [2.05, 4.69) is 15.7 Å². The lowest BCUT2D eigenvalue weighted by Crippen LogP contribution is -2.44. The molecule has 104 valence electrons. The van der Waals surface area contributed by atoms with Crippen LogP contribution in [0.25, 0.3) is 0 Å². The largest absolute Gasteiger partial charge is 0.336 e. The van der Waals surface area contributed by atoms with E-state index in [9.17, 15) is 14.4 Å². The highest BCUT2D eigenvalue weighted by Crippen LogP contribution is 2.14. The molecule has 9 heteroatoms. The zero-order valence-electron chi connectivity index (χ0n) is 10.2. The van der Waals surface area contributed by atoms with Crippen molar-refractivity contribution >= 4 is 35.1 Å². The topological polar surface area (TPSA) is 93.1 Å². The Balaban J connectivity index is 2.71. The summed E-state index contributed by atoms with van der Waals surface area (Å²) in [5.41, 5.74) is -0.700. The molecule has 0 spiro atoms. The summed E-state index contributed by atoms with van der Waals surface area (Å²) in [7, 11) is 0. The van der Waals surface area contributed by atoms with Gasteiger partial charge in [0, 0.05) is 6.04 Å². The molecule has 0 aliphatic heterocycles. The Morgan fingerprint density at radius 1 is 1.42 bits per heavy atom. The number of halogens is 2. The highest BCUT2D eigenvalue weighted by molar-refractivity contribution is 6.41. The first-order valence-electron chi connectivity index (χ1n) is 5.32. The molecule has 1 heterocycles. The second-order valence-electron chi connectivity index (χ2n) is 3.95. The summed E-state index contributed by atoms with van der Waals surface area (Å²) in [4.78, 5) is 34.4. The van der Waals surface area contributed by atoms with Crippen LogP contribution in [0.2, 0.25) is 10.0 Å². The van der Waals surface area contributed by atoms with Crippen molar-refractivity contribution in [2.75, 3.05) is 0 Å². The fourth-order valence-electron chi connectivity index (χ4n) is 1.16. The Bertz CT molecular complexity index is 556. The van der Waals surface area contributed by atoms with Crippen LogP contribution < -0.4 is 16.2 Å². The van der Waals surface area contributed by atoms with Crippen molar-refractivity contribution in [2.24, 2.45) is 0 Å². The van der Waals surface area contributed by atoms with Gasteiger partial charge in [0.05, 0.1) is 11.2 Å². The molecule has 3 amide bonds. The van der Waals surface area contributed by atoms with Crippen LogP contribution in [0, 0.1) is 0 Å². The number of amides is 3. The molecule has 0 aromatic carbocycles.